The molecule has 0 aromatic heterocycles. The monoisotopic (exact) mass is 365 g/mol. The highest BCUT2D eigenvalue weighted by atomic mass is 16.5. The molecule has 27 heavy (non-hydrogen) atoms. The number of hydrazone groups is 1. The molecule has 5 nitrogen and oxygen atoms in total. The first-order chi connectivity index (χ1) is 13.2. The molecular formula is C22H27N3O2. The number of para-hydroxylation sites is 1. The van der Waals surface area contributed by atoms with E-state index in [0.29, 0.717) is 13.0 Å². The first kappa shape index (κ1) is 19.1. The van der Waals surface area contributed by atoms with Gasteiger partial charge < -0.3 is 4.74 Å². The first-order valence-electron chi connectivity index (χ1n) is 9.48. The third-order valence-electron chi connectivity index (χ3n) is 5.02. The SMILES string of the molecule is CCN(CC)CC(=O)N1N=C(c2ccccc2)CC1c1ccccc1OC. The Morgan fingerprint density at radius 3 is 2.44 bits per heavy atom. The molecule has 0 N–H and O–H groups in total. The highest BCUT2D eigenvalue weighted by Crippen LogP contribution is 2.37. The van der Waals surface area contributed by atoms with Crippen molar-refractivity contribution >= 4 is 11.6 Å². The molecule has 1 aliphatic heterocycles. The van der Waals surface area contributed by atoms with Gasteiger partial charge in [-0.05, 0) is 24.7 Å². The van der Waals surface area contributed by atoms with Gasteiger partial charge in [0.05, 0.1) is 25.4 Å². The van der Waals surface area contributed by atoms with Crippen LogP contribution in [0.4, 0.5) is 0 Å². The Kier molecular flexibility index (Phi) is 6.24. The van der Waals surface area contributed by atoms with E-state index in [9.17, 15) is 4.79 Å². The van der Waals surface area contributed by atoms with Crippen LogP contribution in [0.2, 0.25) is 0 Å². The number of ether oxygens (including phenoxy) is 1. The van der Waals surface area contributed by atoms with E-state index in [0.717, 1.165) is 35.7 Å². The Balaban J connectivity index is 1.95. The Bertz CT molecular complexity index is 800. The van der Waals surface area contributed by atoms with Crippen molar-refractivity contribution in [1.29, 1.82) is 0 Å². The number of methoxy groups -OCH3 is 1. The summed E-state index contributed by atoms with van der Waals surface area (Å²) in [4.78, 5) is 15.2. The molecule has 1 unspecified atom stereocenters. The summed E-state index contributed by atoms with van der Waals surface area (Å²) >= 11 is 0. The van der Waals surface area contributed by atoms with E-state index >= 15 is 0 Å². The van der Waals surface area contributed by atoms with Crippen LogP contribution in [0.15, 0.2) is 59.7 Å². The van der Waals surface area contributed by atoms with Crippen LogP contribution in [-0.4, -0.2) is 48.3 Å². The standard InChI is InChI=1S/C22H27N3O2/c1-4-24(5-2)16-22(26)25-20(18-13-9-10-14-21(18)27-3)15-19(23-25)17-11-7-6-8-12-17/h6-14,20H,4-5,15-16H2,1-3H3. The number of hydrogen-bond donors (Lipinski definition) is 0. The summed E-state index contributed by atoms with van der Waals surface area (Å²) in [6.45, 7) is 6.17. The maximum absolute atomic E-state index is 13.1. The molecule has 142 valence electrons. The van der Waals surface area contributed by atoms with E-state index in [1.165, 1.54) is 0 Å². The lowest BCUT2D eigenvalue weighted by Gasteiger charge is -2.26. The van der Waals surface area contributed by atoms with Gasteiger partial charge in [-0.2, -0.15) is 5.10 Å². The molecule has 1 amide bonds. The van der Waals surface area contributed by atoms with Crippen LogP contribution in [0.25, 0.3) is 0 Å². The number of carbonyl (C=O) groups is 1. The van der Waals surface area contributed by atoms with Gasteiger partial charge >= 0.3 is 0 Å². The van der Waals surface area contributed by atoms with Crippen LogP contribution in [0.5, 0.6) is 5.75 Å². The molecule has 2 aromatic carbocycles. The van der Waals surface area contributed by atoms with Gasteiger partial charge in [-0.3, -0.25) is 9.69 Å². The van der Waals surface area contributed by atoms with Crippen molar-refractivity contribution in [3.8, 4) is 5.75 Å². The molecule has 1 heterocycles. The van der Waals surface area contributed by atoms with Gasteiger partial charge in [-0.15, -0.1) is 0 Å². The molecule has 0 spiro atoms. The maximum Gasteiger partial charge on any atom is 0.257 e. The van der Waals surface area contributed by atoms with Crippen LogP contribution >= 0.6 is 0 Å². The van der Waals surface area contributed by atoms with E-state index in [4.69, 9.17) is 9.84 Å². The van der Waals surface area contributed by atoms with Crippen LogP contribution in [-0.2, 0) is 4.79 Å². The topological polar surface area (TPSA) is 45.1 Å². The summed E-state index contributed by atoms with van der Waals surface area (Å²) in [5.74, 6) is 0.799. The van der Waals surface area contributed by atoms with Crippen LogP contribution in [0.1, 0.15) is 37.4 Å². The van der Waals surface area contributed by atoms with Gasteiger partial charge in [0.2, 0.25) is 0 Å². The van der Waals surface area contributed by atoms with Gasteiger partial charge in [0, 0.05) is 12.0 Å². The smallest absolute Gasteiger partial charge is 0.257 e. The predicted molar refractivity (Wildman–Crippen MR) is 108 cm³/mol. The molecule has 0 bridgehead atoms. The number of benzene rings is 2. The Morgan fingerprint density at radius 1 is 1.11 bits per heavy atom. The highest BCUT2D eigenvalue weighted by molar-refractivity contribution is 6.03. The Hall–Kier alpha value is -2.66. The molecule has 1 aliphatic rings. The second-order valence-electron chi connectivity index (χ2n) is 6.57. The number of rotatable bonds is 7. The van der Waals surface area contributed by atoms with Crippen molar-refractivity contribution in [3.05, 3.63) is 65.7 Å². The van der Waals surface area contributed by atoms with Gasteiger partial charge in [-0.25, -0.2) is 5.01 Å². The summed E-state index contributed by atoms with van der Waals surface area (Å²) in [7, 11) is 1.66. The summed E-state index contributed by atoms with van der Waals surface area (Å²) in [5, 5.41) is 6.38. The van der Waals surface area contributed by atoms with E-state index in [1.54, 1.807) is 12.1 Å². The zero-order valence-corrected chi connectivity index (χ0v) is 16.3. The van der Waals surface area contributed by atoms with Crippen molar-refractivity contribution in [2.45, 2.75) is 26.3 Å². The fraction of sp³-hybridized carbons (Fsp3) is 0.364. The van der Waals surface area contributed by atoms with E-state index < -0.39 is 0 Å². The zero-order valence-electron chi connectivity index (χ0n) is 16.3. The average molecular weight is 365 g/mol. The van der Waals surface area contributed by atoms with Crippen molar-refractivity contribution in [2.75, 3.05) is 26.7 Å². The predicted octanol–water partition coefficient (Wildman–Crippen LogP) is 3.71. The normalized spacial score (nSPS) is 16.5. The van der Waals surface area contributed by atoms with Crippen LogP contribution in [0.3, 0.4) is 0 Å². The van der Waals surface area contributed by atoms with Gasteiger partial charge in [0.25, 0.3) is 5.91 Å². The van der Waals surface area contributed by atoms with E-state index in [2.05, 4.69) is 18.7 Å². The van der Waals surface area contributed by atoms with Gasteiger partial charge in [0.1, 0.15) is 5.75 Å². The number of likely N-dealkylation sites (N-methyl/N-ethyl adjacent to an activating group) is 1. The lowest BCUT2D eigenvalue weighted by Crippen LogP contribution is -2.38. The number of amides is 1. The zero-order chi connectivity index (χ0) is 19.2. The summed E-state index contributed by atoms with van der Waals surface area (Å²) in [6.07, 6.45) is 0.675. The second kappa shape index (κ2) is 8.82. The van der Waals surface area contributed by atoms with Gasteiger partial charge in [0.15, 0.2) is 0 Å². The average Bonchev–Trinajstić information content (AvgIpc) is 3.18. The number of nitrogens with zero attached hydrogens (tertiary/aromatic N) is 3. The van der Waals surface area contributed by atoms with Crippen molar-refractivity contribution in [3.63, 3.8) is 0 Å². The third-order valence-corrected chi connectivity index (χ3v) is 5.02. The quantitative estimate of drug-likeness (QED) is 0.751. The molecule has 5 heteroatoms. The second-order valence-corrected chi connectivity index (χ2v) is 6.57. The first-order valence-corrected chi connectivity index (χ1v) is 9.48. The van der Waals surface area contributed by atoms with E-state index in [-0.39, 0.29) is 11.9 Å². The fourth-order valence-corrected chi connectivity index (χ4v) is 3.44. The van der Waals surface area contributed by atoms with Crippen molar-refractivity contribution in [1.82, 2.24) is 9.91 Å². The molecule has 0 fully saturated rings. The Morgan fingerprint density at radius 2 is 1.78 bits per heavy atom. The molecule has 0 saturated carbocycles. The third kappa shape index (κ3) is 4.19. The summed E-state index contributed by atoms with van der Waals surface area (Å²) in [5.41, 5.74) is 2.97. The number of carbonyl (C=O) groups excluding carboxylic acids is 1. The lowest BCUT2D eigenvalue weighted by molar-refractivity contribution is -0.134. The minimum absolute atomic E-state index is 0.0144. The minimum Gasteiger partial charge on any atom is -0.496 e. The van der Waals surface area contributed by atoms with E-state index in [1.807, 2.05) is 54.6 Å². The molecule has 2 aromatic rings. The van der Waals surface area contributed by atoms with Crippen LogP contribution in [0, 0.1) is 0 Å². The van der Waals surface area contributed by atoms with Gasteiger partial charge in [-0.1, -0.05) is 62.4 Å². The maximum atomic E-state index is 13.1. The van der Waals surface area contributed by atoms with Crippen molar-refractivity contribution in [2.24, 2.45) is 5.10 Å². The fourth-order valence-electron chi connectivity index (χ4n) is 3.44. The number of hydrogen-bond acceptors (Lipinski definition) is 4. The molecule has 0 saturated heterocycles. The summed E-state index contributed by atoms with van der Waals surface area (Å²) in [6, 6.07) is 17.8. The van der Waals surface area contributed by atoms with Crippen LogP contribution < -0.4 is 4.74 Å². The molecule has 0 radical (unpaired) electrons. The molecular weight excluding hydrogens is 338 g/mol. The highest BCUT2D eigenvalue weighted by Gasteiger charge is 2.34. The minimum atomic E-state index is -0.153. The lowest BCUT2D eigenvalue weighted by atomic mass is 9.97. The Labute approximate surface area is 161 Å². The largest absolute Gasteiger partial charge is 0.496 e. The van der Waals surface area contributed by atoms with Crippen molar-refractivity contribution < 1.29 is 9.53 Å². The molecule has 0 aliphatic carbocycles. The molecule has 1 atom stereocenters. The summed E-state index contributed by atoms with van der Waals surface area (Å²) < 4.78 is 5.55. The molecule has 3 rings (SSSR count).